The van der Waals surface area contributed by atoms with E-state index in [4.69, 9.17) is 4.74 Å². The zero-order valence-corrected chi connectivity index (χ0v) is 17.6. The van der Waals surface area contributed by atoms with Crippen molar-refractivity contribution in [2.45, 2.75) is 31.6 Å². The zero-order chi connectivity index (χ0) is 21.2. The van der Waals surface area contributed by atoms with Crippen molar-refractivity contribution >= 4 is 21.6 Å². The third-order valence-corrected chi connectivity index (χ3v) is 7.04. The van der Waals surface area contributed by atoms with Crippen LogP contribution in [-0.4, -0.2) is 38.8 Å². The van der Waals surface area contributed by atoms with Crippen molar-refractivity contribution in [1.29, 1.82) is 0 Å². The van der Waals surface area contributed by atoms with Crippen molar-refractivity contribution in [1.82, 2.24) is 4.31 Å². The highest BCUT2D eigenvalue weighted by atomic mass is 32.2. The predicted octanol–water partition coefficient (Wildman–Crippen LogP) is 3.49. The van der Waals surface area contributed by atoms with Crippen LogP contribution in [0.1, 0.15) is 24.0 Å². The Labute approximate surface area is 170 Å². The number of nitrogens with zero attached hydrogens (tertiary/aromatic N) is 1. The molecule has 1 saturated heterocycles. The summed E-state index contributed by atoms with van der Waals surface area (Å²) < 4.78 is 46.5. The number of amides is 1. The van der Waals surface area contributed by atoms with Gasteiger partial charge in [0.15, 0.2) is 0 Å². The number of aryl methyl sites for hydroxylation is 2. The molecular weight excluding hydrogens is 395 g/mol. The molecule has 6 nitrogen and oxygen atoms in total. The molecule has 0 unspecified atom stereocenters. The normalized spacial score (nSPS) is 17.7. The summed E-state index contributed by atoms with van der Waals surface area (Å²) in [4.78, 5) is 12.8. The molecule has 0 radical (unpaired) electrons. The van der Waals surface area contributed by atoms with Crippen LogP contribution in [0.2, 0.25) is 0 Å². The van der Waals surface area contributed by atoms with Gasteiger partial charge in [0.1, 0.15) is 16.5 Å². The Bertz CT molecular complexity index is 1020. The summed E-state index contributed by atoms with van der Waals surface area (Å²) in [5, 5.41) is 2.74. The quantitative estimate of drug-likeness (QED) is 0.803. The fourth-order valence-electron chi connectivity index (χ4n) is 3.46. The Kier molecular flexibility index (Phi) is 6.24. The summed E-state index contributed by atoms with van der Waals surface area (Å²) in [6, 6.07) is 9.17. The van der Waals surface area contributed by atoms with E-state index in [-0.39, 0.29) is 23.1 Å². The molecule has 0 saturated carbocycles. The molecule has 1 heterocycles. The molecule has 0 aliphatic carbocycles. The minimum Gasteiger partial charge on any atom is -0.495 e. The van der Waals surface area contributed by atoms with Gasteiger partial charge in [0.25, 0.3) is 0 Å². The molecule has 1 atom stereocenters. The van der Waals surface area contributed by atoms with E-state index in [0.29, 0.717) is 25.1 Å². The maximum atomic E-state index is 13.5. The van der Waals surface area contributed by atoms with Gasteiger partial charge in [-0.3, -0.25) is 4.79 Å². The largest absolute Gasteiger partial charge is 0.495 e. The molecule has 0 aromatic heterocycles. The molecule has 156 valence electrons. The first kappa shape index (κ1) is 21.3. The number of anilines is 1. The molecule has 0 spiro atoms. The van der Waals surface area contributed by atoms with Crippen LogP contribution < -0.4 is 10.1 Å². The van der Waals surface area contributed by atoms with Gasteiger partial charge in [-0.05, 0) is 62.1 Å². The second kappa shape index (κ2) is 8.51. The van der Waals surface area contributed by atoms with Crippen LogP contribution in [0.3, 0.4) is 0 Å². The Morgan fingerprint density at radius 2 is 1.97 bits per heavy atom. The van der Waals surface area contributed by atoms with Gasteiger partial charge in [0.05, 0.1) is 13.0 Å². The number of methoxy groups -OCH3 is 1. The van der Waals surface area contributed by atoms with Crippen molar-refractivity contribution in [3.8, 4) is 5.75 Å². The van der Waals surface area contributed by atoms with Gasteiger partial charge in [0.2, 0.25) is 15.9 Å². The third kappa shape index (κ3) is 4.59. The summed E-state index contributed by atoms with van der Waals surface area (Å²) >= 11 is 0. The van der Waals surface area contributed by atoms with Crippen LogP contribution in [-0.2, 0) is 14.8 Å². The van der Waals surface area contributed by atoms with E-state index < -0.39 is 21.8 Å². The molecule has 1 amide bonds. The Balaban J connectivity index is 1.80. The lowest BCUT2D eigenvalue weighted by atomic mass is 9.98. The summed E-state index contributed by atoms with van der Waals surface area (Å²) in [7, 11) is -2.39. The zero-order valence-electron chi connectivity index (χ0n) is 16.7. The minimum absolute atomic E-state index is 0.0691. The van der Waals surface area contributed by atoms with Gasteiger partial charge in [-0.15, -0.1) is 0 Å². The Morgan fingerprint density at radius 1 is 1.21 bits per heavy atom. The Hall–Kier alpha value is -2.45. The topological polar surface area (TPSA) is 75.7 Å². The second-order valence-electron chi connectivity index (χ2n) is 7.31. The second-order valence-corrected chi connectivity index (χ2v) is 9.21. The lowest BCUT2D eigenvalue weighted by molar-refractivity contribution is -0.120. The van der Waals surface area contributed by atoms with E-state index >= 15 is 0 Å². The standard InChI is InChI=1S/C21H25FN2O4S/c1-14-6-9-19(28-3)20(11-14)29(26,27)24-10-4-5-16(13-24)21(25)23-18-12-17(22)8-7-15(18)2/h6-9,11-12,16H,4-5,10,13H2,1-3H3,(H,23,25)/t16-/m1/s1. The van der Waals surface area contributed by atoms with Crippen LogP contribution in [0.15, 0.2) is 41.3 Å². The smallest absolute Gasteiger partial charge is 0.246 e. The van der Waals surface area contributed by atoms with Crippen LogP contribution in [0.4, 0.5) is 10.1 Å². The maximum Gasteiger partial charge on any atom is 0.246 e. The molecule has 2 aromatic carbocycles. The first-order chi connectivity index (χ1) is 13.7. The first-order valence-electron chi connectivity index (χ1n) is 9.44. The van der Waals surface area contributed by atoms with Crippen molar-refractivity contribution < 1.29 is 22.3 Å². The summed E-state index contributed by atoms with van der Waals surface area (Å²) in [5.41, 5.74) is 1.94. The fraction of sp³-hybridized carbons (Fsp3) is 0.381. The van der Waals surface area contributed by atoms with Gasteiger partial charge in [-0.1, -0.05) is 12.1 Å². The van der Waals surface area contributed by atoms with Gasteiger partial charge < -0.3 is 10.1 Å². The van der Waals surface area contributed by atoms with Gasteiger partial charge >= 0.3 is 0 Å². The van der Waals surface area contributed by atoms with E-state index in [9.17, 15) is 17.6 Å². The average Bonchev–Trinajstić information content (AvgIpc) is 2.70. The molecule has 8 heteroatoms. The van der Waals surface area contributed by atoms with Gasteiger partial charge in [-0.25, -0.2) is 12.8 Å². The fourth-order valence-corrected chi connectivity index (χ4v) is 5.23. The van der Waals surface area contributed by atoms with Gasteiger partial charge in [0, 0.05) is 18.8 Å². The van der Waals surface area contributed by atoms with Crippen LogP contribution >= 0.6 is 0 Å². The summed E-state index contributed by atoms with van der Waals surface area (Å²) in [6.07, 6.45) is 1.13. The van der Waals surface area contributed by atoms with E-state index in [1.165, 1.54) is 23.5 Å². The molecule has 1 aliphatic rings. The summed E-state index contributed by atoms with van der Waals surface area (Å²) in [5.74, 6) is -0.991. The third-order valence-electron chi connectivity index (χ3n) is 5.15. The number of hydrogen-bond donors (Lipinski definition) is 1. The lowest BCUT2D eigenvalue weighted by Crippen LogP contribution is -2.43. The number of carbonyl (C=O) groups excluding carboxylic acids is 1. The SMILES string of the molecule is COc1ccc(C)cc1S(=O)(=O)N1CCC[C@@H](C(=O)Nc2cc(F)ccc2C)C1. The highest BCUT2D eigenvalue weighted by Crippen LogP contribution is 2.31. The van der Waals surface area contributed by atoms with Crippen molar-refractivity contribution in [2.24, 2.45) is 5.92 Å². The number of hydrogen-bond acceptors (Lipinski definition) is 4. The number of ether oxygens (including phenoxy) is 1. The van der Waals surface area contributed by atoms with E-state index in [2.05, 4.69) is 5.32 Å². The van der Waals surface area contributed by atoms with Crippen molar-refractivity contribution in [2.75, 3.05) is 25.5 Å². The lowest BCUT2D eigenvalue weighted by Gasteiger charge is -2.31. The molecule has 0 bridgehead atoms. The number of carbonyl (C=O) groups is 1. The highest BCUT2D eigenvalue weighted by Gasteiger charge is 2.35. The maximum absolute atomic E-state index is 13.5. The molecule has 29 heavy (non-hydrogen) atoms. The Morgan fingerprint density at radius 3 is 2.69 bits per heavy atom. The number of halogens is 1. The molecule has 2 aromatic rings. The van der Waals surface area contributed by atoms with E-state index in [1.807, 2.05) is 6.92 Å². The van der Waals surface area contributed by atoms with E-state index in [0.717, 1.165) is 11.1 Å². The van der Waals surface area contributed by atoms with Crippen LogP contribution in [0, 0.1) is 25.6 Å². The molecule has 1 N–H and O–H groups in total. The average molecular weight is 421 g/mol. The number of sulfonamides is 1. The number of benzene rings is 2. The minimum atomic E-state index is -3.81. The van der Waals surface area contributed by atoms with Crippen molar-refractivity contribution in [3.63, 3.8) is 0 Å². The van der Waals surface area contributed by atoms with Gasteiger partial charge in [-0.2, -0.15) is 4.31 Å². The van der Waals surface area contributed by atoms with Crippen molar-refractivity contribution in [3.05, 3.63) is 53.3 Å². The molecule has 1 aliphatic heterocycles. The molecular formula is C21H25FN2O4S. The summed E-state index contributed by atoms with van der Waals surface area (Å²) in [6.45, 7) is 3.99. The number of rotatable bonds is 5. The molecule has 1 fully saturated rings. The van der Waals surface area contributed by atoms with Crippen LogP contribution in [0.5, 0.6) is 5.75 Å². The first-order valence-corrected chi connectivity index (χ1v) is 10.9. The highest BCUT2D eigenvalue weighted by molar-refractivity contribution is 7.89. The monoisotopic (exact) mass is 420 g/mol. The van der Waals surface area contributed by atoms with Crippen LogP contribution in [0.25, 0.3) is 0 Å². The predicted molar refractivity (Wildman–Crippen MR) is 109 cm³/mol. The number of piperidine rings is 1. The number of nitrogens with one attached hydrogen (secondary N) is 1. The van der Waals surface area contributed by atoms with E-state index in [1.54, 1.807) is 31.2 Å². The molecule has 3 rings (SSSR count).